The lowest BCUT2D eigenvalue weighted by molar-refractivity contribution is -0.121. The van der Waals surface area contributed by atoms with Crippen molar-refractivity contribution in [3.05, 3.63) is 23.8 Å². The zero-order valence-corrected chi connectivity index (χ0v) is 16.1. The number of nitrogens with one attached hydrogen (secondary N) is 1. The van der Waals surface area contributed by atoms with Crippen molar-refractivity contribution in [2.45, 2.75) is 12.8 Å². The van der Waals surface area contributed by atoms with Crippen LogP contribution in [-0.2, 0) is 4.79 Å². The molecule has 2 N–H and O–H groups in total. The third kappa shape index (κ3) is 5.19. The zero-order chi connectivity index (χ0) is 19.4. The van der Waals surface area contributed by atoms with Crippen LogP contribution in [0.25, 0.3) is 10.2 Å². The number of hydrogen-bond acceptors (Lipinski definition) is 6. The maximum absolute atomic E-state index is 13.8. The summed E-state index contributed by atoms with van der Waals surface area (Å²) in [6.07, 6.45) is 1.73. The first-order valence-corrected chi connectivity index (χ1v) is 9.86. The molecule has 0 saturated carbocycles. The lowest BCUT2D eigenvalue weighted by atomic mass is 9.97. The molecule has 0 aliphatic carbocycles. The molecule has 1 unspecified atom stereocenters. The Labute approximate surface area is 160 Å². The molecule has 0 bridgehead atoms. The molecule has 1 atom stereocenters. The van der Waals surface area contributed by atoms with E-state index in [4.69, 9.17) is 5.11 Å². The van der Waals surface area contributed by atoms with Gasteiger partial charge in [-0.15, -0.1) is 0 Å². The Morgan fingerprint density at radius 1 is 1.44 bits per heavy atom. The maximum Gasteiger partial charge on any atom is 0.230 e. The van der Waals surface area contributed by atoms with E-state index in [-0.39, 0.29) is 23.9 Å². The molecule has 1 aliphatic heterocycles. The zero-order valence-electron chi connectivity index (χ0n) is 15.3. The van der Waals surface area contributed by atoms with Crippen molar-refractivity contribution in [3.63, 3.8) is 0 Å². The van der Waals surface area contributed by atoms with Crippen molar-refractivity contribution in [1.82, 2.24) is 14.8 Å². The summed E-state index contributed by atoms with van der Waals surface area (Å²) in [5, 5.41) is 12.0. The fraction of sp³-hybridized carbons (Fsp3) is 0.556. The van der Waals surface area contributed by atoms with Gasteiger partial charge in [0, 0.05) is 32.2 Å². The fourth-order valence-corrected chi connectivity index (χ4v) is 4.19. The van der Waals surface area contributed by atoms with Gasteiger partial charge in [0.1, 0.15) is 11.3 Å². The quantitative estimate of drug-likeness (QED) is 0.748. The average molecular weight is 398 g/mol. The monoisotopic (exact) mass is 398 g/mol. The van der Waals surface area contributed by atoms with E-state index < -0.39 is 11.6 Å². The van der Waals surface area contributed by atoms with Gasteiger partial charge in [0.15, 0.2) is 10.9 Å². The molecule has 1 saturated heterocycles. The number of halogens is 2. The molecule has 6 nitrogen and oxygen atoms in total. The molecule has 1 aliphatic rings. The number of fused-ring (bicyclic) bond motifs is 1. The first-order valence-electron chi connectivity index (χ1n) is 9.04. The van der Waals surface area contributed by atoms with Crippen LogP contribution in [0.4, 0.5) is 13.9 Å². The van der Waals surface area contributed by atoms with E-state index in [9.17, 15) is 13.6 Å². The van der Waals surface area contributed by atoms with Gasteiger partial charge in [0.2, 0.25) is 5.91 Å². The Kier molecular flexibility index (Phi) is 6.69. The molecule has 0 spiro atoms. The molecule has 27 heavy (non-hydrogen) atoms. The van der Waals surface area contributed by atoms with Crippen molar-refractivity contribution in [2.24, 2.45) is 5.92 Å². The van der Waals surface area contributed by atoms with Crippen LogP contribution in [0.3, 0.4) is 0 Å². The highest BCUT2D eigenvalue weighted by Crippen LogP contribution is 2.29. The van der Waals surface area contributed by atoms with Crippen molar-refractivity contribution in [1.29, 1.82) is 0 Å². The summed E-state index contributed by atoms with van der Waals surface area (Å²) in [7, 11) is 1.96. The summed E-state index contributed by atoms with van der Waals surface area (Å²) in [5.74, 6) is -1.67. The second-order valence-corrected chi connectivity index (χ2v) is 7.94. The summed E-state index contributed by atoms with van der Waals surface area (Å²) in [6.45, 7) is 4.04. The summed E-state index contributed by atoms with van der Waals surface area (Å²) >= 11 is 1.07. The van der Waals surface area contributed by atoms with Crippen LogP contribution < -0.4 is 5.32 Å². The van der Waals surface area contributed by atoms with E-state index in [0.29, 0.717) is 22.9 Å². The number of rotatable bonds is 7. The standard InChI is InChI=1S/C18H24F2N4O2S/c1-23(7-8-25)5-6-24-4-2-3-12(11-24)17(26)22-18-21-16-14(20)9-13(19)10-15(16)27-18/h9-10,12,25H,2-8,11H2,1H3,(H,21,22,26). The lowest BCUT2D eigenvalue weighted by Gasteiger charge is -2.32. The van der Waals surface area contributed by atoms with Crippen LogP contribution in [-0.4, -0.2) is 72.2 Å². The topological polar surface area (TPSA) is 68.7 Å². The van der Waals surface area contributed by atoms with Crippen molar-refractivity contribution >= 4 is 32.6 Å². The Balaban J connectivity index is 1.58. The van der Waals surface area contributed by atoms with Gasteiger partial charge in [-0.1, -0.05) is 11.3 Å². The molecular weight excluding hydrogens is 374 g/mol. The van der Waals surface area contributed by atoms with E-state index in [0.717, 1.165) is 49.9 Å². The normalized spacial score (nSPS) is 18.3. The predicted octanol–water partition coefficient (Wildman–Crippen LogP) is 2.15. The van der Waals surface area contributed by atoms with Gasteiger partial charge in [-0.05, 0) is 32.5 Å². The third-order valence-corrected chi connectivity index (χ3v) is 5.72. The number of piperidine rings is 1. The van der Waals surface area contributed by atoms with Crippen LogP contribution in [0.5, 0.6) is 0 Å². The number of carbonyl (C=O) groups is 1. The summed E-state index contributed by atoms with van der Waals surface area (Å²) in [5.41, 5.74) is 0.0777. The highest BCUT2D eigenvalue weighted by Gasteiger charge is 2.26. The molecule has 2 heterocycles. The van der Waals surface area contributed by atoms with Crippen LogP contribution >= 0.6 is 11.3 Å². The molecule has 2 aromatic rings. The van der Waals surface area contributed by atoms with Crippen LogP contribution in [0.1, 0.15) is 12.8 Å². The third-order valence-electron chi connectivity index (χ3n) is 4.80. The molecule has 148 valence electrons. The smallest absolute Gasteiger partial charge is 0.230 e. The van der Waals surface area contributed by atoms with Crippen molar-refractivity contribution < 1.29 is 18.7 Å². The number of amides is 1. The number of aliphatic hydroxyl groups excluding tert-OH is 1. The van der Waals surface area contributed by atoms with E-state index in [2.05, 4.69) is 20.1 Å². The SMILES string of the molecule is CN(CCO)CCN1CCCC(C(=O)Nc2nc3c(F)cc(F)cc3s2)C1. The lowest BCUT2D eigenvalue weighted by Crippen LogP contribution is -2.43. The van der Waals surface area contributed by atoms with Gasteiger partial charge < -0.3 is 20.2 Å². The van der Waals surface area contributed by atoms with Gasteiger partial charge in [-0.2, -0.15) is 0 Å². The van der Waals surface area contributed by atoms with E-state index in [1.54, 1.807) is 0 Å². The number of aromatic nitrogens is 1. The molecule has 1 aromatic carbocycles. The minimum absolute atomic E-state index is 0.0777. The predicted molar refractivity (Wildman–Crippen MR) is 102 cm³/mol. The Bertz CT molecular complexity index is 801. The highest BCUT2D eigenvalue weighted by atomic mass is 32.1. The largest absolute Gasteiger partial charge is 0.395 e. The fourth-order valence-electron chi connectivity index (χ4n) is 3.29. The first-order chi connectivity index (χ1) is 13.0. The van der Waals surface area contributed by atoms with Gasteiger partial charge in [-0.25, -0.2) is 13.8 Å². The Morgan fingerprint density at radius 2 is 2.26 bits per heavy atom. The molecular formula is C18H24F2N4O2S. The summed E-state index contributed by atoms with van der Waals surface area (Å²) in [4.78, 5) is 21.0. The number of aliphatic hydroxyl groups is 1. The average Bonchev–Trinajstić information content (AvgIpc) is 3.03. The summed E-state index contributed by atoms with van der Waals surface area (Å²) in [6, 6.07) is 2.01. The van der Waals surface area contributed by atoms with Crippen LogP contribution in [0, 0.1) is 17.6 Å². The first kappa shape index (κ1) is 20.1. The van der Waals surface area contributed by atoms with Gasteiger partial charge >= 0.3 is 0 Å². The number of likely N-dealkylation sites (N-methyl/N-ethyl adjacent to an activating group) is 1. The van der Waals surface area contributed by atoms with Crippen LogP contribution in [0.2, 0.25) is 0 Å². The maximum atomic E-state index is 13.8. The van der Waals surface area contributed by atoms with Crippen LogP contribution in [0.15, 0.2) is 12.1 Å². The molecule has 1 fully saturated rings. The minimum atomic E-state index is -0.724. The number of likely N-dealkylation sites (tertiary alicyclic amines) is 1. The summed E-state index contributed by atoms with van der Waals surface area (Å²) < 4.78 is 27.5. The van der Waals surface area contributed by atoms with E-state index >= 15 is 0 Å². The second-order valence-electron chi connectivity index (χ2n) is 6.91. The van der Waals surface area contributed by atoms with Crippen molar-refractivity contribution in [2.75, 3.05) is 51.7 Å². The molecule has 1 aromatic heterocycles. The van der Waals surface area contributed by atoms with Gasteiger partial charge in [-0.3, -0.25) is 4.79 Å². The molecule has 3 rings (SSSR count). The van der Waals surface area contributed by atoms with E-state index in [1.807, 2.05) is 7.05 Å². The van der Waals surface area contributed by atoms with E-state index in [1.165, 1.54) is 6.07 Å². The highest BCUT2D eigenvalue weighted by molar-refractivity contribution is 7.22. The number of hydrogen-bond donors (Lipinski definition) is 2. The second kappa shape index (κ2) is 9.01. The van der Waals surface area contributed by atoms with Gasteiger partial charge in [0.05, 0.1) is 17.2 Å². The number of nitrogens with zero attached hydrogens (tertiary/aromatic N) is 3. The minimum Gasteiger partial charge on any atom is -0.395 e. The molecule has 0 radical (unpaired) electrons. The number of thiazole rings is 1. The number of benzene rings is 1. The molecule has 9 heteroatoms. The number of anilines is 1. The molecule has 1 amide bonds. The van der Waals surface area contributed by atoms with Gasteiger partial charge in [0.25, 0.3) is 0 Å². The van der Waals surface area contributed by atoms with Crippen molar-refractivity contribution in [3.8, 4) is 0 Å². The Morgan fingerprint density at radius 3 is 3.04 bits per heavy atom. The Hall–Kier alpha value is -1.68. The number of carbonyl (C=O) groups excluding carboxylic acids is 1.